The zero-order chi connectivity index (χ0) is 14.7. The normalized spacial score (nSPS) is 17.8. The molecule has 0 bridgehead atoms. The number of para-hydroxylation sites is 1. The molecule has 1 aromatic heterocycles. The number of aromatic amines is 1. The summed E-state index contributed by atoms with van der Waals surface area (Å²) < 4.78 is 0. The molecule has 21 heavy (non-hydrogen) atoms. The number of benzene rings is 1. The topological polar surface area (TPSA) is 74.1 Å². The molecule has 1 aromatic carbocycles. The maximum atomic E-state index is 12.2. The molecular formula is C16H22N4O. The molecule has 0 radical (unpaired) electrons. The summed E-state index contributed by atoms with van der Waals surface area (Å²) in [6, 6.07) is 7.55. The van der Waals surface area contributed by atoms with Crippen LogP contribution in [-0.2, 0) is 11.2 Å². The molecule has 0 aliphatic carbocycles. The van der Waals surface area contributed by atoms with E-state index in [0.717, 1.165) is 42.4 Å². The van der Waals surface area contributed by atoms with E-state index in [2.05, 4.69) is 16.5 Å². The largest absolute Gasteiger partial charge is 0.361 e. The van der Waals surface area contributed by atoms with Gasteiger partial charge in [-0.3, -0.25) is 10.2 Å². The van der Waals surface area contributed by atoms with Crippen LogP contribution in [0.4, 0.5) is 0 Å². The van der Waals surface area contributed by atoms with Gasteiger partial charge in [0.25, 0.3) is 5.91 Å². The van der Waals surface area contributed by atoms with Crippen molar-refractivity contribution in [1.29, 1.82) is 0 Å². The summed E-state index contributed by atoms with van der Waals surface area (Å²) in [6.45, 7) is 1.84. The van der Waals surface area contributed by atoms with Gasteiger partial charge in [-0.05, 0) is 30.9 Å². The van der Waals surface area contributed by atoms with Gasteiger partial charge in [-0.2, -0.15) is 0 Å². The Balaban J connectivity index is 1.62. The van der Waals surface area contributed by atoms with Crippen molar-refractivity contribution in [2.75, 3.05) is 13.1 Å². The second kappa shape index (κ2) is 6.28. The molecule has 4 N–H and O–H groups in total. The van der Waals surface area contributed by atoms with E-state index in [1.807, 2.05) is 29.4 Å². The zero-order valence-corrected chi connectivity index (χ0v) is 12.1. The number of aromatic nitrogens is 1. The Morgan fingerprint density at radius 2 is 2.05 bits per heavy atom. The Morgan fingerprint density at radius 3 is 2.86 bits per heavy atom. The molecule has 3 rings (SSSR count). The summed E-state index contributed by atoms with van der Waals surface area (Å²) in [4.78, 5) is 15.4. The Hall–Kier alpha value is -1.85. The van der Waals surface area contributed by atoms with Crippen molar-refractivity contribution < 1.29 is 4.79 Å². The molecule has 1 fully saturated rings. The second-order valence-corrected chi connectivity index (χ2v) is 5.69. The van der Waals surface area contributed by atoms with Gasteiger partial charge >= 0.3 is 0 Å². The van der Waals surface area contributed by atoms with Gasteiger partial charge in [0.2, 0.25) is 0 Å². The Morgan fingerprint density at radius 1 is 1.29 bits per heavy atom. The van der Waals surface area contributed by atoms with Gasteiger partial charge in [0.05, 0.1) is 6.04 Å². The average molecular weight is 286 g/mol. The van der Waals surface area contributed by atoms with Crippen molar-refractivity contribution in [3.05, 3.63) is 36.0 Å². The van der Waals surface area contributed by atoms with Gasteiger partial charge in [-0.15, -0.1) is 0 Å². The molecule has 0 saturated carbocycles. The minimum absolute atomic E-state index is 0.0952. The summed E-state index contributed by atoms with van der Waals surface area (Å²) in [5, 5.41) is 3.12. The van der Waals surface area contributed by atoms with E-state index in [0.29, 0.717) is 6.42 Å². The Bertz CT molecular complexity index is 616. The number of carbonyl (C=O) groups is 1. The molecule has 2 heterocycles. The van der Waals surface area contributed by atoms with Gasteiger partial charge < -0.3 is 10.7 Å². The van der Waals surface area contributed by atoms with Gasteiger partial charge in [0.1, 0.15) is 0 Å². The number of hydrazine groups is 1. The summed E-state index contributed by atoms with van der Waals surface area (Å²) in [7, 11) is 0. The fourth-order valence-corrected chi connectivity index (χ4v) is 2.87. The first-order chi connectivity index (χ1) is 10.2. The summed E-state index contributed by atoms with van der Waals surface area (Å²) in [5.41, 5.74) is 11.2. The van der Waals surface area contributed by atoms with Crippen LogP contribution in [0.2, 0.25) is 0 Å². The predicted octanol–water partition coefficient (Wildman–Crippen LogP) is 1.55. The second-order valence-electron chi connectivity index (χ2n) is 5.69. The third kappa shape index (κ3) is 3.25. The molecule has 1 saturated heterocycles. The molecule has 112 valence electrons. The fraction of sp³-hybridized carbons (Fsp3) is 0.438. The number of rotatable bonds is 4. The molecule has 1 amide bonds. The van der Waals surface area contributed by atoms with E-state index in [9.17, 15) is 4.79 Å². The van der Waals surface area contributed by atoms with E-state index in [-0.39, 0.29) is 5.91 Å². The lowest BCUT2D eigenvalue weighted by Gasteiger charge is -2.28. The van der Waals surface area contributed by atoms with Crippen molar-refractivity contribution in [2.24, 2.45) is 5.73 Å². The predicted molar refractivity (Wildman–Crippen MR) is 83.5 cm³/mol. The Labute approximate surface area is 124 Å². The number of nitrogens with one attached hydrogen (secondary N) is 2. The smallest absolute Gasteiger partial charge is 0.251 e. The number of nitrogens with zero attached hydrogens (tertiary/aromatic N) is 1. The highest BCUT2D eigenvalue weighted by Gasteiger charge is 2.19. The zero-order valence-electron chi connectivity index (χ0n) is 12.1. The van der Waals surface area contributed by atoms with Crippen molar-refractivity contribution in [2.45, 2.75) is 31.7 Å². The monoisotopic (exact) mass is 286 g/mol. The molecule has 1 aliphatic heterocycles. The molecule has 0 spiro atoms. The SMILES string of the molecule is N[C@@H](Cc1c[nH]c2ccccc12)C(=O)NN1CCCCC1. The van der Waals surface area contributed by atoms with E-state index < -0.39 is 6.04 Å². The molecule has 1 aliphatic rings. The number of nitrogens with two attached hydrogens (primary N) is 1. The number of piperidine rings is 1. The first-order valence-electron chi connectivity index (χ1n) is 7.60. The van der Waals surface area contributed by atoms with Crippen LogP contribution in [0.1, 0.15) is 24.8 Å². The highest BCUT2D eigenvalue weighted by molar-refractivity contribution is 5.85. The number of hydrogen-bond donors (Lipinski definition) is 3. The van der Waals surface area contributed by atoms with Crippen molar-refractivity contribution in [3.8, 4) is 0 Å². The number of H-pyrrole nitrogens is 1. The lowest BCUT2D eigenvalue weighted by molar-refractivity contribution is -0.127. The number of fused-ring (bicyclic) bond motifs is 1. The van der Waals surface area contributed by atoms with E-state index >= 15 is 0 Å². The maximum absolute atomic E-state index is 12.2. The van der Waals surface area contributed by atoms with Crippen molar-refractivity contribution >= 4 is 16.8 Å². The third-order valence-electron chi connectivity index (χ3n) is 4.08. The summed E-state index contributed by atoms with van der Waals surface area (Å²) in [6.07, 6.45) is 6.01. The minimum atomic E-state index is -0.522. The lowest BCUT2D eigenvalue weighted by atomic mass is 10.1. The number of hydrogen-bond acceptors (Lipinski definition) is 3. The van der Waals surface area contributed by atoms with Crippen LogP contribution in [0.3, 0.4) is 0 Å². The molecule has 5 nitrogen and oxygen atoms in total. The van der Waals surface area contributed by atoms with Crippen LogP contribution >= 0.6 is 0 Å². The van der Waals surface area contributed by atoms with Crippen molar-refractivity contribution in [1.82, 2.24) is 15.4 Å². The summed E-state index contributed by atoms with van der Waals surface area (Å²) >= 11 is 0. The molecular weight excluding hydrogens is 264 g/mol. The van der Waals surface area contributed by atoms with Crippen LogP contribution < -0.4 is 11.2 Å². The highest BCUT2D eigenvalue weighted by atomic mass is 16.2. The highest BCUT2D eigenvalue weighted by Crippen LogP contribution is 2.18. The van der Waals surface area contributed by atoms with Gasteiger partial charge in [0.15, 0.2) is 0 Å². The lowest BCUT2D eigenvalue weighted by Crippen LogP contribution is -2.51. The van der Waals surface area contributed by atoms with Crippen LogP contribution in [-0.4, -0.2) is 35.0 Å². The van der Waals surface area contributed by atoms with Gasteiger partial charge in [0, 0.05) is 30.2 Å². The van der Waals surface area contributed by atoms with Crippen LogP contribution in [0.25, 0.3) is 10.9 Å². The van der Waals surface area contributed by atoms with Gasteiger partial charge in [-0.25, -0.2) is 5.01 Å². The number of carbonyl (C=O) groups excluding carboxylic acids is 1. The fourth-order valence-electron chi connectivity index (χ4n) is 2.87. The molecule has 2 aromatic rings. The number of amides is 1. The first-order valence-corrected chi connectivity index (χ1v) is 7.60. The van der Waals surface area contributed by atoms with E-state index in [4.69, 9.17) is 5.73 Å². The minimum Gasteiger partial charge on any atom is -0.361 e. The first kappa shape index (κ1) is 14.1. The average Bonchev–Trinajstić information content (AvgIpc) is 2.91. The summed E-state index contributed by atoms with van der Waals surface area (Å²) in [5.74, 6) is -0.0952. The molecule has 5 heteroatoms. The van der Waals surface area contributed by atoms with E-state index in [1.165, 1.54) is 6.42 Å². The van der Waals surface area contributed by atoms with Crippen LogP contribution in [0.15, 0.2) is 30.5 Å². The maximum Gasteiger partial charge on any atom is 0.251 e. The van der Waals surface area contributed by atoms with Crippen LogP contribution in [0.5, 0.6) is 0 Å². The van der Waals surface area contributed by atoms with Crippen molar-refractivity contribution in [3.63, 3.8) is 0 Å². The standard InChI is InChI=1S/C16H22N4O/c17-14(16(21)19-20-8-4-1-5-9-20)10-12-11-18-15-7-3-2-6-13(12)15/h2-3,6-7,11,14,18H,1,4-5,8-10,17H2,(H,19,21)/t14-/m0/s1. The Kier molecular flexibility index (Phi) is 4.22. The molecule has 1 atom stereocenters. The van der Waals surface area contributed by atoms with Gasteiger partial charge in [-0.1, -0.05) is 24.6 Å². The third-order valence-corrected chi connectivity index (χ3v) is 4.08. The quantitative estimate of drug-likeness (QED) is 0.798. The van der Waals surface area contributed by atoms with Crippen LogP contribution in [0, 0.1) is 0 Å². The van der Waals surface area contributed by atoms with E-state index in [1.54, 1.807) is 0 Å². The molecule has 0 unspecified atom stereocenters.